The molecule has 0 amide bonds. The van der Waals surface area contributed by atoms with E-state index in [0.29, 0.717) is 0 Å². The summed E-state index contributed by atoms with van der Waals surface area (Å²) in [5, 5.41) is 12.4. The number of hydrogen-bond donors (Lipinski definition) is 0. The summed E-state index contributed by atoms with van der Waals surface area (Å²) in [6, 6.07) is 2.77. The quantitative estimate of drug-likeness (QED) is 0.597. The summed E-state index contributed by atoms with van der Waals surface area (Å²) in [7, 11) is 0. The number of hydrogen-bond acceptors (Lipinski definition) is 4. The summed E-state index contributed by atoms with van der Waals surface area (Å²) in [5.74, 6) is 0. The summed E-state index contributed by atoms with van der Waals surface area (Å²) in [4.78, 5) is 0. The second-order valence-electron chi connectivity index (χ2n) is 3.62. The van der Waals surface area contributed by atoms with Crippen LogP contribution in [0.15, 0.2) is 10.2 Å². The van der Waals surface area contributed by atoms with Crippen LogP contribution in [0.1, 0.15) is 25.7 Å². The van der Waals surface area contributed by atoms with Gasteiger partial charge in [0.15, 0.2) is 0 Å². The molecule has 4 nitrogen and oxygen atoms in total. The van der Waals surface area contributed by atoms with Gasteiger partial charge in [0.2, 0.25) is 0 Å². The first-order chi connectivity index (χ1) is 6.45. The Morgan fingerprint density at radius 2 is 1.08 bits per heavy atom. The number of nitrogens with zero attached hydrogens (tertiary/aromatic N) is 4. The lowest BCUT2D eigenvalue weighted by atomic mass is 10.4. The Morgan fingerprint density at radius 3 is 1.46 bits per heavy atom. The van der Waals surface area contributed by atoms with Crippen molar-refractivity contribution in [3.05, 3.63) is 0 Å². The van der Waals surface area contributed by atoms with E-state index in [4.69, 9.17) is 0 Å². The molecule has 4 heteroatoms. The van der Waals surface area contributed by atoms with Crippen molar-refractivity contribution in [1.29, 1.82) is 0 Å². The van der Waals surface area contributed by atoms with Crippen molar-refractivity contribution in [1.82, 2.24) is 10.0 Å². The summed E-state index contributed by atoms with van der Waals surface area (Å²) in [6.07, 6.45) is 5.04. The van der Waals surface area contributed by atoms with E-state index in [9.17, 15) is 0 Å². The van der Waals surface area contributed by atoms with Crippen molar-refractivity contribution in [2.24, 2.45) is 10.2 Å². The Morgan fingerprint density at radius 1 is 0.692 bits per heavy atom. The molecule has 0 aromatic carbocycles. The molecule has 13 heavy (non-hydrogen) atoms. The van der Waals surface area contributed by atoms with E-state index in [2.05, 4.69) is 16.2 Å². The molecule has 72 valence electrons. The number of rotatable bonds is 2. The first-order valence-electron chi connectivity index (χ1n) is 5.11. The molecular formula is C9H16N4. The van der Waals surface area contributed by atoms with Crippen LogP contribution in [0, 0.1) is 0 Å². The lowest BCUT2D eigenvalue weighted by molar-refractivity contribution is 0.347. The second kappa shape index (κ2) is 4.28. The van der Waals surface area contributed by atoms with E-state index in [1.54, 1.807) is 0 Å². The van der Waals surface area contributed by atoms with E-state index < -0.39 is 0 Å². The van der Waals surface area contributed by atoms with Gasteiger partial charge in [-0.15, -0.1) is 10.2 Å². The zero-order valence-electron chi connectivity index (χ0n) is 7.95. The third kappa shape index (κ3) is 2.46. The van der Waals surface area contributed by atoms with E-state index in [1.165, 1.54) is 25.7 Å². The molecule has 2 aliphatic heterocycles. The topological polar surface area (TPSA) is 31.2 Å². The molecule has 0 atom stereocenters. The van der Waals surface area contributed by atoms with Crippen molar-refractivity contribution >= 4 is 6.01 Å². The smallest absolute Gasteiger partial charge is 0.139 e. The van der Waals surface area contributed by atoms with Crippen LogP contribution >= 0.6 is 0 Å². The fourth-order valence-electron chi connectivity index (χ4n) is 1.75. The van der Waals surface area contributed by atoms with Crippen LogP contribution in [-0.4, -0.2) is 42.2 Å². The molecule has 0 aromatic rings. The van der Waals surface area contributed by atoms with E-state index in [0.717, 1.165) is 26.2 Å². The highest BCUT2D eigenvalue weighted by atomic mass is 15.5. The molecule has 0 saturated carbocycles. The zero-order valence-corrected chi connectivity index (χ0v) is 7.95. The van der Waals surface area contributed by atoms with E-state index in [-0.39, 0.29) is 0 Å². The highest BCUT2D eigenvalue weighted by Crippen LogP contribution is 2.07. The minimum absolute atomic E-state index is 1.07. The molecule has 0 aliphatic carbocycles. The average Bonchev–Trinajstić information content (AvgIpc) is 2.75. The van der Waals surface area contributed by atoms with E-state index in [1.807, 2.05) is 10.0 Å². The Bertz CT molecular complexity index is 188. The molecule has 0 spiro atoms. The monoisotopic (exact) mass is 180 g/mol. The highest BCUT2D eigenvalue weighted by Gasteiger charge is 2.08. The van der Waals surface area contributed by atoms with Crippen molar-refractivity contribution in [2.45, 2.75) is 25.7 Å². The van der Waals surface area contributed by atoms with Crippen molar-refractivity contribution in [3.63, 3.8) is 0 Å². The fourth-order valence-corrected chi connectivity index (χ4v) is 1.75. The second-order valence-corrected chi connectivity index (χ2v) is 3.62. The van der Waals surface area contributed by atoms with E-state index >= 15 is 0 Å². The van der Waals surface area contributed by atoms with Crippen LogP contribution in [0.25, 0.3) is 0 Å². The molecule has 0 N–H and O–H groups in total. The molecule has 0 bridgehead atoms. The Kier molecular flexibility index (Phi) is 2.82. The molecule has 2 fully saturated rings. The van der Waals surface area contributed by atoms with Gasteiger partial charge >= 0.3 is 0 Å². The van der Waals surface area contributed by atoms with Crippen LogP contribution in [-0.2, 0) is 0 Å². The lowest BCUT2D eigenvalue weighted by Crippen LogP contribution is -2.12. The van der Waals surface area contributed by atoms with Gasteiger partial charge in [0.05, 0.1) is 0 Å². The summed E-state index contributed by atoms with van der Waals surface area (Å²) in [6.45, 7) is 4.29. The minimum atomic E-state index is 1.07. The standard InChI is InChI=1S/C9H16N4/c1-2-6-12(5-1)10-9-11-13-7-3-4-8-13/h1-8H2. The SMILES string of the molecule is C(=NN1CCCC1)=NN1CCCC1. The molecular weight excluding hydrogens is 164 g/mol. The minimum Gasteiger partial charge on any atom is -0.287 e. The zero-order chi connectivity index (χ0) is 8.93. The summed E-state index contributed by atoms with van der Waals surface area (Å²) in [5.41, 5.74) is 0. The van der Waals surface area contributed by atoms with Crippen LogP contribution in [0.2, 0.25) is 0 Å². The van der Waals surface area contributed by atoms with Gasteiger partial charge in [0, 0.05) is 26.2 Å². The van der Waals surface area contributed by atoms with Crippen molar-refractivity contribution < 1.29 is 0 Å². The van der Waals surface area contributed by atoms with Crippen molar-refractivity contribution in [2.75, 3.05) is 26.2 Å². The van der Waals surface area contributed by atoms with Crippen LogP contribution in [0.5, 0.6) is 0 Å². The predicted octanol–water partition coefficient (Wildman–Crippen LogP) is 1.18. The Hall–Kier alpha value is -1.02. The van der Waals surface area contributed by atoms with Gasteiger partial charge < -0.3 is 0 Å². The molecule has 0 aromatic heterocycles. The molecule has 2 saturated heterocycles. The largest absolute Gasteiger partial charge is 0.287 e. The molecule has 2 heterocycles. The lowest BCUT2D eigenvalue weighted by Gasteiger charge is -2.07. The summed E-state index contributed by atoms with van der Waals surface area (Å²) < 4.78 is 0. The Labute approximate surface area is 78.9 Å². The predicted molar refractivity (Wildman–Crippen MR) is 51.5 cm³/mol. The maximum Gasteiger partial charge on any atom is 0.139 e. The van der Waals surface area contributed by atoms with Crippen LogP contribution in [0.3, 0.4) is 0 Å². The third-order valence-electron chi connectivity index (χ3n) is 2.54. The first kappa shape index (κ1) is 8.57. The molecule has 0 radical (unpaired) electrons. The average molecular weight is 180 g/mol. The van der Waals surface area contributed by atoms with Gasteiger partial charge in [0.25, 0.3) is 0 Å². The molecule has 2 aliphatic rings. The number of hydrazone groups is 2. The van der Waals surface area contributed by atoms with Gasteiger partial charge in [-0.1, -0.05) is 0 Å². The van der Waals surface area contributed by atoms with Gasteiger partial charge in [-0.05, 0) is 25.7 Å². The van der Waals surface area contributed by atoms with Gasteiger partial charge in [-0.2, -0.15) is 0 Å². The van der Waals surface area contributed by atoms with Crippen molar-refractivity contribution in [3.8, 4) is 0 Å². The van der Waals surface area contributed by atoms with Gasteiger partial charge in [-0.3, -0.25) is 10.0 Å². The van der Waals surface area contributed by atoms with Crippen LogP contribution in [0.4, 0.5) is 0 Å². The third-order valence-corrected chi connectivity index (χ3v) is 2.54. The van der Waals surface area contributed by atoms with Crippen LogP contribution < -0.4 is 0 Å². The molecule has 2 rings (SSSR count). The first-order valence-corrected chi connectivity index (χ1v) is 5.11. The van der Waals surface area contributed by atoms with Gasteiger partial charge in [-0.25, -0.2) is 0 Å². The van der Waals surface area contributed by atoms with Gasteiger partial charge in [0.1, 0.15) is 6.01 Å². The maximum atomic E-state index is 4.16. The molecule has 0 unspecified atom stereocenters. The highest BCUT2D eigenvalue weighted by molar-refractivity contribution is 5.40. The fraction of sp³-hybridized carbons (Fsp3) is 0.889. The normalized spacial score (nSPS) is 21.8. The maximum absolute atomic E-state index is 4.16. The Balaban J connectivity index is 1.80. The summed E-state index contributed by atoms with van der Waals surface area (Å²) >= 11 is 0.